The number of sulfone groups is 1. The van der Waals surface area contributed by atoms with Gasteiger partial charge in [0.2, 0.25) is 0 Å². The molecule has 6 heteroatoms. The van der Waals surface area contributed by atoms with Crippen LogP contribution in [0.4, 0.5) is 0 Å². The molecule has 1 aliphatic heterocycles. The zero-order valence-electron chi connectivity index (χ0n) is 12.2. The van der Waals surface area contributed by atoms with E-state index < -0.39 is 9.84 Å². The van der Waals surface area contributed by atoms with E-state index in [1.54, 1.807) is 11.8 Å². The molecule has 20 heavy (non-hydrogen) atoms. The van der Waals surface area contributed by atoms with E-state index in [9.17, 15) is 13.2 Å². The van der Waals surface area contributed by atoms with Crippen molar-refractivity contribution in [3.63, 3.8) is 0 Å². The van der Waals surface area contributed by atoms with Crippen LogP contribution in [0, 0.1) is 5.92 Å². The van der Waals surface area contributed by atoms with Gasteiger partial charge in [0.25, 0.3) is 0 Å². The molecule has 0 spiro atoms. The van der Waals surface area contributed by atoms with Crippen molar-refractivity contribution in [3.8, 4) is 0 Å². The Kier molecular flexibility index (Phi) is 5.88. The molecule has 0 aromatic heterocycles. The molecule has 4 atom stereocenters. The minimum absolute atomic E-state index is 0.0336. The highest BCUT2D eigenvalue weighted by Crippen LogP contribution is 2.38. The minimum atomic E-state index is -3.01. The van der Waals surface area contributed by atoms with E-state index >= 15 is 0 Å². The lowest BCUT2D eigenvalue weighted by atomic mass is 9.84. The van der Waals surface area contributed by atoms with Crippen LogP contribution in [0.5, 0.6) is 0 Å². The predicted molar refractivity (Wildman–Crippen MR) is 88.4 cm³/mol. The Morgan fingerprint density at radius 1 is 1.20 bits per heavy atom. The summed E-state index contributed by atoms with van der Waals surface area (Å²) < 4.78 is 23.5. The third kappa shape index (κ3) is 3.95. The van der Waals surface area contributed by atoms with E-state index in [1.807, 2.05) is 11.8 Å². The Morgan fingerprint density at radius 3 is 2.55 bits per heavy atom. The highest BCUT2D eigenvalue weighted by atomic mass is 32.2. The number of ketones is 1. The van der Waals surface area contributed by atoms with Crippen LogP contribution >= 0.6 is 23.5 Å². The van der Waals surface area contributed by atoms with Gasteiger partial charge in [0.15, 0.2) is 0 Å². The van der Waals surface area contributed by atoms with Gasteiger partial charge in [0.1, 0.15) is 15.6 Å². The Bertz CT molecular complexity index is 447. The van der Waals surface area contributed by atoms with E-state index in [0.717, 1.165) is 37.2 Å². The second-order valence-electron chi connectivity index (χ2n) is 5.83. The predicted octanol–water partition coefficient (Wildman–Crippen LogP) is 2.79. The molecule has 1 heterocycles. The zero-order valence-corrected chi connectivity index (χ0v) is 14.7. The summed E-state index contributed by atoms with van der Waals surface area (Å²) in [5, 5.41) is 0.202. The summed E-state index contributed by atoms with van der Waals surface area (Å²) in [6, 6.07) is 0. The zero-order chi connectivity index (χ0) is 14.8. The summed E-state index contributed by atoms with van der Waals surface area (Å²) >= 11 is 3.70. The Balaban J connectivity index is 2.04. The van der Waals surface area contributed by atoms with Gasteiger partial charge in [0, 0.05) is 28.9 Å². The van der Waals surface area contributed by atoms with Crippen molar-refractivity contribution < 1.29 is 13.2 Å². The van der Waals surface area contributed by atoms with E-state index in [0.29, 0.717) is 17.5 Å². The summed E-state index contributed by atoms with van der Waals surface area (Å²) in [6.45, 7) is 2.14. The van der Waals surface area contributed by atoms with E-state index in [-0.39, 0.29) is 16.4 Å². The summed E-state index contributed by atoms with van der Waals surface area (Å²) in [5.74, 6) is 2.46. The Morgan fingerprint density at radius 2 is 1.90 bits per heavy atom. The summed E-state index contributed by atoms with van der Waals surface area (Å²) in [7, 11) is -3.01. The molecule has 1 aliphatic carbocycles. The van der Waals surface area contributed by atoms with Crippen molar-refractivity contribution in [3.05, 3.63) is 0 Å². The molecular formula is C14H24O3S3. The van der Waals surface area contributed by atoms with E-state index in [1.165, 1.54) is 6.26 Å². The largest absolute Gasteiger partial charge is 0.298 e. The maximum Gasteiger partial charge on any atom is 0.150 e. The maximum absolute atomic E-state index is 12.8. The quantitative estimate of drug-likeness (QED) is 0.790. The van der Waals surface area contributed by atoms with Crippen molar-refractivity contribution in [2.24, 2.45) is 5.92 Å². The van der Waals surface area contributed by atoms with Crippen LogP contribution in [0.15, 0.2) is 0 Å². The number of thioether (sulfide) groups is 2. The fourth-order valence-electron chi connectivity index (χ4n) is 3.19. The molecule has 2 aliphatic rings. The van der Waals surface area contributed by atoms with Crippen molar-refractivity contribution in [2.45, 2.75) is 54.8 Å². The van der Waals surface area contributed by atoms with Gasteiger partial charge < -0.3 is 0 Å². The molecule has 2 fully saturated rings. The first-order valence-electron chi connectivity index (χ1n) is 7.39. The molecule has 3 nitrogen and oxygen atoms in total. The molecule has 1 saturated carbocycles. The van der Waals surface area contributed by atoms with Crippen LogP contribution in [0.25, 0.3) is 0 Å². The van der Waals surface area contributed by atoms with Crippen LogP contribution < -0.4 is 0 Å². The first-order valence-corrected chi connectivity index (χ1v) is 11.4. The third-order valence-corrected chi connectivity index (χ3v) is 9.27. The highest BCUT2D eigenvalue weighted by Gasteiger charge is 2.38. The van der Waals surface area contributed by atoms with Gasteiger partial charge in [-0.05, 0) is 25.7 Å². The molecule has 0 N–H and O–H groups in total. The average Bonchev–Trinajstić information content (AvgIpc) is 2.45. The SMILES string of the molecule is CCC1SCCSC1C(=O)C1CCCC(S(C)(=O)=O)C1. The van der Waals surface area contributed by atoms with Crippen LogP contribution in [0.2, 0.25) is 0 Å². The molecule has 2 rings (SSSR count). The lowest BCUT2D eigenvalue weighted by molar-refractivity contribution is -0.123. The molecule has 0 amide bonds. The van der Waals surface area contributed by atoms with Crippen molar-refractivity contribution in [1.82, 2.24) is 0 Å². The molecule has 4 unspecified atom stereocenters. The summed E-state index contributed by atoms with van der Waals surface area (Å²) in [6.07, 6.45) is 5.36. The second kappa shape index (κ2) is 7.05. The number of carbonyl (C=O) groups excluding carboxylic acids is 1. The number of rotatable bonds is 4. The molecule has 0 aromatic carbocycles. The van der Waals surface area contributed by atoms with Gasteiger partial charge in [-0.3, -0.25) is 4.79 Å². The highest BCUT2D eigenvalue weighted by molar-refractivity contribution is 8.07. The smallest absolute Gasteiger partial charge is 0.150 e. The summed E-state index contributed by atoms with van der Waals surface area (Å²) in [4.78, 5) is 12.8. The summed E-state index contributed by atoms with van der Waals surface area (Å²) in [5.41, 5.74) is 0. The van der Waals surface area contributed by atoms with Gasteiger partial charge in [-0.2, -0.15) is 11.8 Å². The number of hydrogen-bond donors (Lipinski definition) is 0. The topological polar surface area (TPSA) is 51.2 Å². The number of hydrogen-bond acceptors (Lipinski definition) is 5. The fourth-order valence-corrected chi connectivity index (χ4v) is 7.47. The lowest BCUT2D eigenvalue weighted by Crippen LogP contribution is -2.40. The molecule has 0 aromatic rings. The van der Waals surface area contributed by atoms with Crippen molar-refractivity contribution in [2.75, 3.05) is 17.8 Å². The van der Waals surface area contributed by atoms with Gasteiger partial charge >= 0.3 is 0 Å². The van der Waals surface area contributed by atoms with Gasteiger partial charge in [-0.1, -0.05) is 13.3 Å². The first kappa shape index (κ1) is 16.7. The van der Waals surface area contributed by atoms with E-state index in [4.69, 9.17) is 0 Å². The fraction of sp³-hybridized carbons (Fsp3) is 0.929. The molecule has 1 saturated heterocycles. The normalized spacial score (nSPS) is 35.7. The molecule has 116 valence electrons. The monoisotopic (exact) mass is 336 g/mol. The molecule has 0 radical (unpaired) electrons. The third-order valence-electron chi connectivity index (χ3n) is 4.37. The van der Waals surface area contributed by atoms with Crippen LogP contribution in [0.1, 0.15) is 39.0 Å². The average molecular weight is 337 g/mol. The van der Waals surface area contributed by atoms with Gasteiger partial charge in [-0.15, -0.1) is 11.8 Å². The maximum atomic E-state index is 12.8. The van der Waals surface area contributed by atoms with Crippen LogP contribution in [-0.2, 0) is 14.6 Å². The molecular weight excluding hydrogens is 312 g/mol. The standard InChI is InChI=1S/C14H24O3S3/c1-3-12-14(19-8-7-18-12)13(15)10-5-4-6-11(9-10)20(2,16)17/h10-12,14H,3-9H2,1-2H3. The van der Waals surface area contributed by atoms with Crippen molar-refractivity contribution >= 4 is 39.1 Å². The minimum Gasteiger partial charge on any atom is -0.298 e. The van der Waals surface area contributed by atoms with Crippen LogP contribution in [0.3, 0.4) is 0 Å². The Labute approximate surface area is 131 Å². The lowest BCUT2D eigenvalue weighted by Gasteiger charge is -2.34. The van der Waals surface area contributed by atoms with Gasteiger partial charge in [-0.25, -0.2) is 8.42 Å². The van der Waals surface area contributed by atoms with Crippen molar-refractivity contribution in [1.29, 1.82) is 0 Å². The molecule has 0 bridgehead atoms. The number of Topliss-reactive ketones (excluding diaryl/α,β-unsaturated/α-hetero) is 1. The number of carbonyl (C=O) groups is 1. The second-order valence-corrected chi connectivity index (χ2v) is 10.7. The van der Waals surface area contributed by atoms with Gasteiger partial charge in [0.05, 0.1) is 10.5 Å². The van der Waals surface area contributed by atoms with Crippen LogP contribution in [-0.4, -0.2) is 47.7 Å². The van der Waals surface area contributed by atoms with E-state index in [2.05, 4.69) is 6.92 Å². The Hall–Kier alpha value is 0.320. The first-order chi connectivity index (χ1) is 9.43.